The normalized spacial score (nSPS) is 25.3. The maximum atomic E-state index is 12.4. The molecule has 2 fully saturated rings. The van der Waals surface area contributed by atoms with Gasteiger partial charge in [0.05, 0.1) is 19.8 Å². The van der Waals surface area contributed by atoms with Crippen LogP contribution in [0.15, 0.2) is 24.3 Å². The summed E-state index contributed by atoms with van der Waals surface area (Å²) in [6.45, 7) is 8.10. The predicted molar refractivity (Wildman–Crippen MR) is 104 cm³/mol. The second-order valence-corrected chi connectivity index (χ2v) is 9.01. The monoisotopic (exact) mass is 376 g/mol. The summed E-state index contributed by atoms with van der Waals surface area (Å²) in [5.74, 6) is 1.34. The number of carbonyl (C=O) groups excluding carboxylic acids is 1. The fourth-order valence-electron chi connectivity index (χ4n) is 4.24. The Bertz CT molecular complexity index is 670. The molecule has 1 aromatic rings. The van der Waals surface area contributed by atoms with Crippen LogP contribution in [0.3, 0.4) is 0 Å². The van der Waals surface area contributed by atoms with E-state index in [1.54, 1.807) is 7.11 Å². The summed E-state index contributed by atoms with van der Waals surface area (Å²) in [4.78, 5) is 16.4. The molecule has 1 N–H and O–H groups in total. The molecule has 0 aromatic heterocycles. The van der Waals surface area contributed by atoms with Crippen molar-refractivity contribution in [3.05, 3.63) is 29.8 Å². The van der Waals surface area contributed by atoms with Crippen molar-refractivity contribution in [2.75, 3.05) is 40.4 Å². The van der Waals surface area contributed by atoms with Crippen LogP contribution in [-0.4, -0.2) is 67.0 Å². The summed E-state index contributed by atoms with van der Waals surface area (Å²) < 4.78 is 10.7. The van der Waals surface area contributed by atoms with Crippen LogP contribution in [0.25, 0.3) is 0 Å². The Balaban J connectivity index is 1.62. The molecule has 150 valence electrons. The Kier molecular flexibility index (Phi) is 5.41. The Morgan fingerprint density at radius 3 is 2.59 bits per heavy atom. The van der Waals surface area contributed by atoms with Crippen molar-refractivity contribution >= 4 is 6.09 Å². The molecule has 3 atom stereocenters. The van der Waals surface area contributed by atoms with Crippen molar-refractivity contribution in [1.82, 2.24) is 9.80 Å². The van der Waals surface area contributed by atoms with Gasteiger partial charge in [-0.1, -0.05) is 12.1 Å². The molecular weight excluding hydrogens is 344 g/mol. The average molecular weight is 376 g/mol. The molecule has 0 radical (unpaired) electrons. The van der Waals surface area contributed by atoms with Crippen LogP contribution < -0.4 is 4.74 Å². The van der Waals surface area contributed by atoms with Crippen LogP contribution in [0, 0.1) is 11.3 Å². The molecule has 2 aliphatic rings. The average Bonchev–Trinajstić information content (AvgIpc) is 3.13. The number of nitrogens with zero attached hydrogens (tertiary/aromatic N) is 2. The lowest BCUT2D eigenvalue weighted by atomic mass is 10.0. The number of likely N-dealkylation sites (N-methyl/N-ethyl adjacent to an activating group) is 1. The molecule has 0 unspecified atom stereocenters. The van der Waals surface area contributed by atoms with Gasteiger partial charge in [0.25, 0.3) is 0 Å². The molecule has 1 heterocycles. The summed E-state index contributed by atoms with van der Waals surface area (Å²) in [7, 11) is 3.69. The van der Waals surface area contributed by atoms with Gasteiger partial charge in [0, 0.05) is 25.0 Å². The number of hydrogen-bond donors (Lipinski definition) is 1. The summed E-state index contributed by atoms with van der Waals surface area (Å²) >= 11 is 0. The Morgan fingerprint density at radius 1 is 1.37 bits per heavy atom. The zero-order chi connectivity index (χ0) is 19.8. The minimum absolute atomic E-state index is 0.0549. The molecule has 1 aliphatic heterocycles. The van der Waals surface area contributed by atoms with E-state index < -0.39 is 5.60 Å². The van der Waals surface area contributed by atoms with Crippen LogP contribution in [0.2, 0.25) is 0 Å². The molecule has 1 saturated carbocycles. The summed E-state index contributed by atoms with van der Waals surface area (Å²) in [5, 5.41) is 9.96. The van der Waals surface area contributed by atoms with Crippen LogP contribution >= 0.6 is 0 Å². The van der Waals surface area contributed by atoms with E-state index >= 15 is 0 Å². The van der Waals surface area contributed by atoms with Crippen molar-refractivity contribution < 1.29 is 19.4 Å². The second-order valence-electron chi connectivity index (χ2n) is 9.01. The lowest BCUT2D eigenvalue weighted by Gasteiger charge is -2.31. The highest BCUT2D eigenvalue weighted by Crippen LogP contribution is 2.58. The van der Waals surface area contributed by atoms with Crippen molar-refractivity contribution in [3.8, 4) is 5.75 Å². The van der Waals surface area contributed by atoms with Gasteiger partial charge >= 0.3 is 6.09 Å². The quantitative estimate of drug-likeness (QED) is 0.827. The van der Waals surface area contributed by atoms with Gasteiger partial charge < -0.3 is 19.5 Å². The molecule has 1 aliphatic carbocycles. The smallest absolute Gasteiger partial charge is 0.410 e. The first kappa shape index (κ1) is 20.0. The molecule has 6 nitrogen and oxygen atoms in total. The Morgan fingerprint density at radius 2 is 2.04 bits per heavy atom. The number of likely N-dealkylation sites (tertiary alicyclic amines) is 1. The number of ether oxygens (including phenoxy) is 2. The number of hydrogen-bond acceptors (Lipinski definition) is 5. The highest BCUT2D eigenvalue weighted by atomic mass is 16.6. The Labute approximate surface area is 162 Å². The number of benzene rings is 1. The minimum atomic E-state index is -0.468. The van der Waals surface area contributed by atoms with Gasteiger partial charge in [-0.25, -0.2) is 4.79 Å². The van der Waals surface area contributed by atoms with E-state index in [-0.39, 0.29) is 24.2 Å². The summed E-state index contributed by atoms with van der Waals surface area (Å²) in [6.07, 6.45) is 0.919. The van der Waals surface area contributed by atoms with Crippen molar-refractivity contribution in [3.63, 3.8) is 0 Å². The van der Waals surface area contributed by atoms with Gasteiger partial charge in [0.1, 0.15) is 11.4 Å². The number of aliphatic hydroxyl groups excluding tert-OH is 1. The highest BCUT2D eigenvalue weighted by Gasteiger charge is 2.61. The number of aliphatic hydroxyl groups is 1. The predicted octanol–water partition coefficient (Wildman–Crippen LogP) is 2.92. The number of fused-ring (bicyclic) bond motifs is 1. The maximum Gasteiger partial charge on any atom is 0.410 e. The highest BCUT2D eigenvalue weighted by molar-refractivity contribution is 5.69. The van der Waals surface area contributed by atoms with E-state index in [4.69, 9.17) is 9.47 Å². The molecule has 1 amide bonds. The fourth-order valence-corrected chi connectivity index (χ4v) is 4.24. The molecule has 6 heteroatoms. The first-order chi connectivity index (χ1) is 12.7. The lowest BCUT2D eigenvalue weighted by molar-refractivity contribution is 0.0251. The molecule has 1 aromatic carbocycles. The first-order valence-electron chi connectivity index (χ1n) is 9.60. The second kappa shape index (κ2) is 7.32. The van der Waals surface area contributed by atoms with E-state index in [1.165, 1.54) is 0 Å². The number of piperidine rings is 1. The van der Waals surface area contributed by atoms with Crippen LogP contribution in [0.5, 0.6) is 5.75 Å². The zero-order valence-electron chi connectivity index (χ0n) is 17.1. The van der Waals surface area contributed by atoms with Crippen molar-refractivity contribution in [2.45, 2.75) is 38.8 Å². The standard InChI is InChI=1S/C21H32N2O4/c1-20(2,3)27-19(25)23-11-16-10-21(16,14-23)13-22(4)18(12-24)15-6-8-17(26-5)9-7-15/h6-9,16,18,24H,10-14H2,1-5H3/t16-,18-,21+/m0/s1. The third-order valence-electron chi connectivity index (χ3n) is 5.73. The van der Waals surface area contributed by atoms with Gasteiger partial charge in [-0.3, -0.25) is 4.90 Å². The van der Waals surface area contributed by atoms with E-state index in [0.717, 1.165) is 37.4 Å². The molecule has 0 spiro atoms. The lowest BCUT2D eigenvalue weighted by Crippen LogP contribution is -2.39. The molecule has 1 saturated heterocycles. The van der Waals surface area contributed by atoms with Gasteiger partial charge in [-0.2, -0.15) is 0 Å². The SMILES string of the molecule is COc1ccc([C@H](CO)N(C)C[C@@]23C[C@H]2CN(C(=O)OC(C)(C)C)C3)cc1. The van der Waals surface area contributed by atoms with Crippen LogP contribution in [-0.2, 0) is 4.74 Å². The summed E-state index contributed by atoms with van der Waals surface area (Å²) in [6, 6.07) is 7.77. The third-order valence-corrected chi connectivity index (χ3v) is 5.73. The Hall–Kier alpha value is -1.79. The van der Waals surface area contributed by atoms with Gasteiger partial charge in [0.2, 0.25) is 0 Å². The number of amides is 1. The molecule has 27 heavy (non-hydrogen) atoms. The molecular formula is C21H32N2O4. The first-order valence-corrected chi connectivity index (χ1v) is 9.60. The largest absolute Gasteiger partial charge is 0.497 e. The van der Waals surface area contributed by atoms with Crippen molar-refractivity contribution in [1.29, 1.82) is 0 Å². The maximum absolute atomic E-state index is 12.4. The number of carbonyl (C=O) groups is 1. The fraction of sp³-hybridized carbons (Fsp3) is 0.667. The molecule has 0 bridgehead atoms. The van der Waals surface area contributed by atoms with Gasteiger partial charge in [-0.15, -0.1) is 0 Å². The topological polar surface area (TPSA) is 62.2 Å². The van der Waals surface area contributed by atoms with Crippen LogP contribution in [0.1, 0.15) is 38.8 Å². The third kappa shape index (κ3) is 4.38. The molecule has 3 rings (SSSR count). The van der Waals surface area contributed by atoms with Crippen molar-refractivity contribution in [2.24, 2.45) is 11.3 Å². The number of rotatable bonds is 6. The van der Waals surface area contributed by atoms with Crippen LogP contribution in [0.4, 0.5) is 4.79 Å². The van der Waals surface area contributed by atoms with Gasteiger partial charge in [0.15, 0.2) is 0 Å². The van der Waals surface area contributed by atoms with E-state index in [1.807, 2.05) is 57.0 Å². The van der Waals surface area contributed by atoms with E-state index in [2.05, 4.69) is 4.90 Å². The zero-order valence-corrected chi connectivity index (χ0v) is 17.1. The number of methoxy groups -OCH3 is 1. The minimum Gasteiger partial charge on any atom is -0.497 e. The van der Waals surface area contributed by atoms with E-state index in [0.29, 0.717) is 5.92 Å². The van der Waals surface area contributed by atoms with E-state index in [9.17, 15) is 9.90 Å². The summed E-state index contributed by atoms with van der Waals surface area (Å²) in [5.41, 5.74) is 0.729. The van der Waals surface area contributed by atoms with Gasteiger partial charge in [-0.05, 0) is 57.9 Å².